The van der Waals surface area contributed by atoms with E-state index in [2.05, 4.69) is 0 Å². The van der Waals surface area contributed by atoms with Crippen LogP contribution in [-0.4, -0.2) is 43.7 Å². The van der Waals surface area contributed by atoms with Crippen molar-refractivity contribution in [2.24, 2.45) is 5.73 Å². The van der Waals surface area contributed by atoms with Gasteiger partial charge in [0.15, 0.2) is 0 Å². The van der Waals surface area contributed by atoms with Crippen molar-refractivity contribution in [3.8, 4) is 0 Å². The molecule has 0 aromatic carbocycles. The topological polar surface area (TPSA) is 55.6 Å². The van der Waals surface area contributed by atoms with E-state index in [1.54, 1.807) is 4.90 Å². The summed E-state index contributed by atoms with van der Waals surface area (Å²) in [6, 6.07) is 0. The highest BCUT2D eigenvalue weighted by molar-refractivity contribution is 5.78. The Bertz CT molecular complexity index is 123. The van der Waals surface area contributed by atoms with Gasteiger partial charge in [0.1, 0.15) is 0 Å². The fraction of sp³-hybridized carbons (Fsp3) is 0.900. The largest absolute Gasteiger partial charge is 0.378 e. The standard InChI is InChI=1S/C6H12N2O2.2C2H6/c7-5-6(9)8-1-3-10-4-2-8;2*1-2/h1-5,7H2;2*1-2H3. The molecule has 1 rings (SSSR count). The molecule has 1 saturated heterocycles. The third kappa shape index (κ3) is 6.86. The molecule has 0 bridgehead atoms. The van der Waals surface area contributed by atoms with E-state index in [4.69, 9.17) is 10.5 Å². The predicted octanol–water partition coefficient (Wildman–Crippen LogP) is 0.856. The Labute approximate surface area is 87.4 Å². The number of amides is 1. The molecule has 0 saturated carbocycles. The SMILES string of the molecule is CC.CC.NCC(=O)N1CCOCC1. The fourth-order valence-corrected chi connectivity index (χ4v) is 0.942. The molecule has 0 aromatic heterocycles. The molecule has 0 spiro atoms. The molecule has 0 radical (unpaired) electrons. The summed E-state index contributed by atoms with van der Waals surface area (Å²) in [6.45, 7) is 10.8. The van der Waals surface area contributed by atoms with Gasteiger partial charge in [-0.25, -0.2) is 0 Å². The van der Waals surface area contributed by atoms with E-state index in [0.29, 0.717) is 26.3 Å². The average Bonchev–Trinajstić information content (AvgIpc) is 2.34. The van der Waals surface area contributed by atoms with Crippen molar-refractivity contribution in [3.63, 3.8) is 0 Å². The van der Waals surface area contributed by atoms with Crippen molar-refractivity contribution < 1.29 is 9.53 Å². The van der Waals surface area contributed by atoms with Crippen LogP contribution in [0.2, 0.25) is 0 Å². The lowest BCUT2D eigenvalue weighted by Crippen LogP contribution is -2.43. The van der Waals surface area contributed by atoms with E-state index in [1.165, 1.54) is 0 Å². The molecule has 0 unspecified atom stereocenters. The van der Waals surface area contributed by atoms with Gasteiger partial charge < -0.3 is 15.4 Å². The van der Waals surface area contributed by atoms with Crippen molar-refractivity contribution in [3.05, 3.63) is 0 Å². The normalized spacial score (nSPS) is 14.5. The molecule has 2 N–H and O–H groups in total. The van der Waals surface area contributed by atoms with Crippen LogP contribution in [0.4, 0.5) is 0 Å². The van der Waals surface area contributed by atoms with Gasteiger partial charge in [0.25, 0.3) is 0 Å². The van der Waals surface area contributed by atoms with Crippen molar-refractivity contribution >= 4 is 5.91 Å². The highest BCUT2D eigenvalue weighted by Gasteiger charge is 2.14. The lowest BCUT2D eigenvalue weighted by molar-refractivity contribution is -0.133. The number of hydrogen-bond donors (Lipinski definition) is 1. The van der Waals surface area contributed by atoms with E-state index in [9.17, 15) is 4.79 Å². The minimum atomic E-state index is 0.0169. The van der Waals surface area contributed by atoms with Crippen LogP contribution in [0.3, 0.4) is 0 Å². The number of ether oxygens (including phenoxy) is 1. The summed E-state index contributed by atoms with van der Waals surface area (Å²) >= 11 is 0. The Morgan fingerprint density at radius 1 is 1.21 bits per heavy atom. The maximum atomic E-state index is 10.9. The summed E-state index contributed by atoms with van der Waals surface area (Å²) in [5.74, 6) is 0.0169. The van der Waals surface area contributed by atoms with Crippen molar-refractivity contribution in [1.82, 2.24) is 4.90 Å². The molecule has 0 aliphatic carbocycles. The first-order valence-corrected chi connectivity index (χ1v) is 5.40. The zero-order chi connectivity index (χ0) is 11.4. The maximum Gasteiger partial charge on any atom is 0.236 e. The van der Waals surface area contributed by atoms with Crippen molar-refractivity contribution in [1.29, 1.82) is 0 Å². The smallest absolute Gasteiger partial charge is 0.236 e. The number of morpholine rings is 1. The number of rotatable bonds is 1. The van der Waals surface area contributed by atoms with Crippen LogP contribution >= 0.6 is 0 Å². The number of nitrogens with zero attached hydrogens (tertiary/aromatic N) is 1. The molecule has 4 nitrogen and oxygen atoms in total. The van der Waals surface area contributed by atoms with Gasteiger partial charge in [-0.05, 0) is 0 Å². The van der Waals surface area contributed by atoms with E-state index in [0.717, 1.165) is 0 Å². The highest BCUT2D eigenvalue weighted by Crippen LogP contribution is 1.95. The van der Waals surface area contributed by atoms with Gasteiger partial charge in [-0.3, -0.25) is 4.79 Å². The van der Waals surface area contributed by atoms with Crippen LogP contribution in [0.25, 0.3) is 0 Å². The Kier molecular flexibility index (Phi) is 14.0. The van der Waals surface area contributed by atoms with Gasteiger partial charge in [-0.15, -0.1) is 0 Å². The van der Waals surface area contributed by atoms with Crippen molar-refractivity contribution in [2.75, 3.05) is 32.8 Å². The summed E-state index contributed by atoms with van der Waals surface area (Å²) in [4.78, 5) is 12.6. The molecule has 1 heterocycles. The van der Waals surface area contributed by atoms with Gasteiger partial charge in [0, 0.05) is 13.1 Å². The first-order chi connectivity index (χ1) is 6.84. The highest BCUT2D eigenvalue weighted by atomic mass is 16.5. The van der Waals surface area contributed by atoms with Gasteiger partial charge in [0.05, 0.1) is 19.8 Å². The van der Waals surface area contributed by atoms with Gasteiger partial charge >= 0.3 is 0 Å². The Balaban J connectivity index is 0. The van der Waals surface area contributed by atoms with E-state index < -0.39 is 0 Å². The van der Waals surface area contributed by atoms with Gasteiger partial charge in [-0.2, -0.15) is 0 Å². The Morgan fingerprint density at radius 3 is 2.00 bits per heavy atom. The minimum Gasteiger partial charge on any atom is -0.378 e. The number of carbonyl (C=O) groups excluding carboxylic acids is 1. The summed E-state index contributed by atoms with van der Waals surface area (Å²) in [6.07, 6.45) is 0. The third-order valence-electron chi connectivity index (χ3n) is 1.54. The molecule has 1 aliphatic rings. The van der Waals surface area contributed by atoms with E-state index in [-0.39, 0.29) is 12.5 Å². The first-order valence-electron chi connectivity index (χ1n) is 5.40. The molecule has 14 heavy (non-hydrogen) atoms. The molecule has 0 aromatic rings. The zero-order valence-corrected chi connectivity index (χ0v) is 9.88. The maximum absolute atomic E-state index is 10.9. The lowest BCUT2D eigenvalue weighted by atomic mass is 10.4. The van der Waals surface area contributed by atoms with Crippen LogP contribution in [0.5, 0.6) is 0 Å². The second kappa shape index (κ2) is 12.4. The molecule has 1 fully saturated rings. The molecular formula is C10H24N2O2. The van der Waals surface area contributed by atoms with E-state index in [1.807, 2.05) is 27.7 Å². The monoisotopic (exact) mass is 204 g/mol. The summed E-state index contributed by atoms with van der Waals surface area (Å²) in [5, 5.41) is 0. The molecule has 0 atom stereocenters. The van der Waals surface area contributed by atoms with Crippen molar-refractivity contribution in [2.45, 2.75) is 27.7 Å². The second-order valence-electron chi connectivity index (χ2n) is 2.20. The summed E-state index contributed by atoms with van der Waals surface area (Å²) in [5.41, 5.74) is 5.17. The molecular weight excluding hydrogens is 180 g/mol. The molecule has 1 aliphatic heterocycles. The van der Waals surface area contributed by atoms with Crippen LogP contribution in [0, 0.1) is 0 Å². The average molecular weight is 204 g/mol. The quantitative estimate of drug-likeness (QED) is 0.689. The first kappa shape index (κ1) is 15.8. The molecule has 1 amide bonds. The number of nitrogens with two attached hydrogens (primary N) is 1. The molecule has 86 valence electrons. The van der Waals surface area contributed by atoms with Crippen LogP contribution in [0.15, 0.2) is 0 Å². The molecule has 4 heteroatoms. The number of hydrogen-bond acceptors (Lipinski definition) is 3. The van der Waals surface area contributed by atoms with Crippen LogP contribution < -0.4 is 5.73 Å². The summed E-state index contributed by atoms with van der Waals surface area (Å²) in [7, 11) is 0. The van der Waals surface area contributed by atoms with Gasteiger partial charge in [0.2, 0.25) is 5.91 Å². The Hall–Kier alpha value is -0.610. The zero-order valence-electron chi connectivity index (χ0n) is 9.88. The lowest BCUT2D eigenvalue weighted by Gasteiger charge is -2.26. The van der Waals surface area contributed by atoms with E-state index >= 15 is 0 Å². The third-order valence-corrected chi connectivity index (χ3v) is 1.54. The second-order valence-corrected chi connectivity index (χ2v) is 2.20. The number of carbonyl (C=O) groups is 1. The van der Waals surface area contributed by atoms with Crippen LogP contribution in [0.1, 0.15) is 27.7 Å². The fourth-order valence-electron chi connectivity index (χ4n) is 0.942. The summed E-state index contributed by atoms with van der Waals surface area (Å²) < 4.78 is 5.06. The van der Waals surface area contributed by atoms with Crippen LogP contribution in [-0.2, 0) is 9.53 Å². The Morgan fingerprint density at radius 2 is 1.64 bits per heavy atom. The van der Waals surface area contributed by atoms with Gasteiger partial charge in [-0.1, -0.05) is 27.7 Å². The predicted molar refractivity (Wildman–Crippen MR) is 59.1 cm³/mol. The minimum absolute atomic E-state index is 0.0169.